The van der Waals surface area contributed by atoms with Crippen LogP contribution < -0.4 is 11.3 Å². The first kappa shape index (κ1) is 12.4. The number of nitrogens with two attached hydrogens (primary N) is 1. The first-order valence-electron chi connectivity index (χ1n) is 6.72. The van der Waals surface area contributed by atoms with Crippen molar-refractivity contribution in [3.8, 4) is 0 Å². The van der Waals surface area contributed by atoms with Crippen LogP contribution in [0.5, 0.6) is 0 Å². The van der Waals surface area contributed by atoms with Gasteiger partial charge in [-0.25, -0.2) is 0 Å². The van der Waals surface area contributed by atoms with Crippen molar-refractivity contribution in [1.29, 1.82) is 0 Å². The predicted octanol–water partition coefficient (Wildman–Crippen LogP) is 2.04. The SMILES string of the molecule is Cc1nn(C)cc1C(NN)C1CC1c1ccccc1. The summed E-state index contributed by atoms with van der Waals surface area (Å²) in [7, 11) is 1.95. The van der Waals surface area contributed by atoms with Gasteiger partial charge in [0.25, 0.3) is 0 Å². The lowest BCUT2D eigenvalue weighted by molar-refractivity contribution is 0.485. The van der Waals surface area contributed by atoms with E-state index in [9.17, 15) is 0 Å². The fourth-order valence-electron chi connectivity index (χ4n) is 3.03. The first-order chi connectivity index (χ1) is 9.20. The van der Waals surface area contributed by atoms with Crippen LogP contribution in [0.1, 0.15) is 35.2 Å². The van der Waals surface area contributed by atoms with E-state index in [2.05, 4.69) is 47.1 Å². The summed E-state index contributed by atoms with van der Waals surface area (Å²) in [5.74, 6) is 6.96. The number of hydrogen-bond donors (Lipinski definition) is 2. The average Bonchev–Trinajstić information content (AvgIpc) is 3.12. The second-order valence-corrected chi connectivity index (χ2v) is 5.40. The fraction of sp³-hybridized carbons (Fsp3) is 0.400. The number of hydrogen-bond acceptors (Lipinski definition) is 3. The van der Waals surface area contributed by atoms with Gasteiger partial charge in [-0.05, 0) is 30.7 Å². The van der Waals surface area contributed by atoms with E-state index in [4.69, 9.17) is 5.84 Å². The Morgan fingerprint density at radius 2 is 2.11 bits per heavy atom. The van der Waals surface area contributed by atoms with Crippen LogP contribution in [0.15, 0.2) is 36.5 Å². The van der Waals surface area contributed by atoms with E-state index in [1.165, 1.54) is 17.5 Å². The average molecular weight is 256 g/mol. The van der Waals surface area contributed by atoms with Gasteiger partial charge in [-0.15, -0.1) is 0 Å². The molecule has 1 aliphatic carbocycles. The Morgan fingerprint density at radius 3 is 2.68 bits per heavy atom. The van der Waals surface area contributed by atoms with Crippen LogP contribution in [0.3, 0.4) is 0 Å². The lowest BCUT2D eigenvalue weighted by Crippen LogP contribution is -2.30. The molecule has 1 fully saturated rings. The summed E-state index contributed by atoms with van der Waals surface area (Å²) in [6.45, 7) is 2.04. The highest BCUT2D eigenvalue weighted by atomic mass is 15.3. The standard InChI is InChI=1S/C15H20N4/c1-10-14(9-19(2)18-10)15(17-16)13-8-12(13)11-6-4-3-5-7-11/h3-7,9,12-13,15,17H,8,16H2,1-2H3. The molecular weight excluding hydrogens is 236 g/mol. The number of nitrogens with one attached hydrogen (secondary N) is 1. The van der Waals surface area contributed by atoms with Crippen LogP contribution in [0.4, 0.5) is 0 Å². The minimum Gasteiger partial charge on any atom is -0.275 e. The number of aromatic nitrogens is 2. The number of rotatable bonds is 4. The molecule has 0 amide bonds. The van der Waals surface area contributed by atoms with Crippen molar-refractivity contribution in [3.63, 3.8) is 0 Å². The van der Waals surface area contributed by atoms with Gasteiger partial charge in [0.05, 0.1) is 11.7 Å². The lowest BCUT2D eigenvalue weighted by atomic mass is 10.00. The van der Waals surface area contributed by atoms with Crippen molar-refractivity contribution in [2.45, 2.75) is 25.3 Å². The lowest BCUT2D eigenvalue weighted by Gasteiger charge is -2.15. The Bertz CT molecular complexity index is 561. The zero-order valence-corrected chi connectivity index (χ0v) is 11.4. The molecule has 1 aromatic heterocycles. The molecule has 3 atom stereocenters. The summed E-state index contributed by atoms with van der Waals surface area (Å²) in [5.41, 5.74) is 6.67. The quantitative estimate of drug-likeness (QED) is 0.650. The number of benzene rings is 1. The molecular formula is C15H20N4. The van der Waals surface area contributed by atoms with Gasteiger partial charge in [0.1, 0.15) is 0 Å². The molecule has 100 valence electrons. The van der Waals surface area contributed by atoms with Gasteiger partial charge in [-0.3, -0.25) is 16.0 Å². The van der Waals surface area contributed by atoms with Gasteiger partial charge < -0.3 is 0 Å². The largest absolute Gasteiger partial charge is 0.275 e. The highest BCUT2D eigenvalue weighted by molar-refractivity contribution is 5.31. The minimum atomic E-state index is 0.193. The molecule has 0 spiro atoms. The van der Waals surface area contributed by atoms with Gasteiger partial charge in [0.15, 0.2) is 0 Å². The van der Waals surface area contributed by atoms with Gasteiger partial charge in [-0.2, -0.15) is 5.10 Å². The van der Waals surface area contributed by atoms with E-state index in [0.29, 0.717) is 11.8 Å². The van der Waals surface area contributed by atoms with Crippen LogP contribution in [0, 0.1) is 12.8 Å². The normalized spacial score (nSPS) is 23.3. The fourth-order valence-corrected chi connectivity index (χ4v) is 3.03. The monoisotopic (exact) mass is 256 g/mol. The van der Waals surface area contributed by atoms with Crippen LogP contribution in [0.2, 0.25) is 0 Å². The third-order valence-electron chi connectivity index (χ3n) is 4.06. The summed E-state index contributed by atoms with van der Waals surface area (Å²) in [6.07, 6.45) is 3.26. The van der Waals surface area contributed by atoms with Gasteiger partial charge in [0.2, 0.25) is 0 Å². The second-order valence-electron chi connectivity index (χ2n) is 5.40. The molecule has 0 saturated heterocycles. The van der Waals surface area contributed by atoms with Crippen molar-refractivity contribution >= 4 is 0 Å². The molecule has 3 rings (SSSR count). The topological polar surface area (TPSA) is 55.9 Å². The van der Waals surface area contributed by atoms with Crippen molar-refractivity contribution in [2.75, 3.05) is 0 Å². The molecule has 0 bridgehead atoms. The predicted molar refractivity (Wildman–Crippen MR) is 75.3 cm³/mol. The number of hydrazine groups is 1. The third-order valence-corrected chi connectivity index (χ3v) is 4.06. The van der Waals surface area contributed by atoms with E-state index in [0.717, 1.165) is 5.69 Å². The Balaban J connectivity index is 1.81. The molecule has 1 aliphatic rings. The van der Waals surface area contributed by atoms with Crippen LogP contribution in [0.25, 0.3) is 0 Å². The number of aryl methyl sites for hydroxylation is 2. The summed E-state index contributed by atoms with van der Waals surface area (Å²) >= 11 is 0. The van der Waals surface area contributed by atoms with Crippen molar-refractivity contribution < 1.29 is 0 Å². The van der Waals surface area contributed by atoms with Gasteiger partial charge in [-0.1, -0.05) is 30.3 Å². The molecule has 4 nitrogen and oxygen atoms in total. The molecule has 4 heteroatoms. The van der Waals surface area contributed by atoms with Crippen molar-refractivity contribution in [3.05, 3.63) is 53.3 Å². The summed E-state index contributed by atoms with van der Waals surface area (Å²) < 4.78 is 1.86. The summed E-state index contributed by atoms with van der Waals surface area (Å²) in [5, 5.41) is 4.41. The number of nitrogens with zero attached hydrogens (tertiary/aromatic N) is 2. The van der Waals surface area contributed by atoms with Gasteiger partial charge >= 0.3 is 0 Å². The highest BCUT2D eigenvalue weighted by Gasteiger charge is 2.44. The van der Waals surface area contributed by atoms with E-state index in [1.807, 2.05) is 18.7 Å². The molecule has 3 N–H and O–H groups in total. The van der Waals surface area contributed by atoms with E-state index in [1.54, 1.807) is 0 Å². The second kappa shape index (κ2) is 4.79. The zero-order chi connectivity index (χ0) is 13.4. The molecule has 1 aromatic carbocycles. The van der Waals surface area contributed by atoms with Crippen LogP contribution in [-0.2, 0) is 7.05 Å². The Labute approximate surface area is 113 Å². The smallest absolute Gasteiger partial charge is 0.0642 e. The first-order valence-corrected chi connectivity index (χ1v) is 6.72. The van der Waals surface area contributed by atoms with E-state index < -0.39 is 0 Å². The molecule has 3 unspecified atom stereocenters. The molecule has 1 heterocycles. The molecule has 2 aromatic rings. The van der Waals surface area contributed by atoms with Crippen LogP contribution >= 0.6 is 0 Å². The van der Waals surface area contributed by atoms with Gasteiger partial charge in [0, 0.05) is 18.8 Å². The Hall–Kier alpha value is -1.65. The van der Waals surface area contributed by atoms with E-state index >= 15 is 0 Å². The van der Waals surface area contributed by atoms with Crippen molar-refractivity contribution in [1.82, 2.24) is 15.2 Å². The maximum atomic E-state index is 5.78. The Morgan fingerprint density at radius 1 is 1.37 bits per heavy atom. The van der Waals surface area contributed by atoms with E-state index in [-0.39, 0.29) is 6.04 Å². The summed E-state index contributed by atoms with van der Waals surface area (Å²) in [4.78, 5) is 0. The zero-order valence-electron chi connectivity index (χ0n) is 11.4. The molecule has 19 heavy (non-hydrogen) atoms. The molecule has 1 saturated carbocycles. The maximum Gasteiger partial charge on any atom is 0.0642 e. The molecule has 0 aliphatic heterocycles. The summed E-state index contributed by atoms with van der Waals surface area (Å²) in [6, 6.07) is 10.9. The Kier molecular flexibility index (Phi) is 3.12. The molecule has 0 radical (unpaired) electrons. The minimum absolute atomic E-state index is 0.193. The third kappa shape index (κ3) is 2.29. The van der Waals surface area contributed by atoms with Crippen molar-refractivity contribution in [2.24, 2.45) is 18.8 Å². The van der Waals surface area contributed by atoms with Crippen LogP contribution in [-0.4, -0.2) is 9.78 Å². The maximum absolute atomic E-state index is 5.78. The highest BCUT2D eigenvalue weighted by Crippen LogP contribution is 2.54.